The monoisotopic (exact) mass is 376 g/mol. The quantitative estimate of drug-likeness (QED) is 0.837. The van der Waals surface area contributed by atoms with Gasteiger partial charge >= 0.3 is 0 Å². The zero-order chi connectivity index (χ0) is 17.8. The Balaban J connectivity index is 1.31. The highest BCUT2D eigenvalue weighted by Crippen LogP contribution is 2.38. The number of halogens is 1. The lowest BCUT2D eigenvalue weighted by Crippen LogP contribution is -2.32. The van der Waals surface area contributed by atoms with E-state index in [4.69, 9.17) is 21.1 Å². The Labute approximate surface area is 159 Å². The van der Waals surface area contributed by atoms with Gasteiger partial charge in [-0.15, -0.1) is 0 Å². The minimum Gasteiger partial charge on any atom is -0.486 e. The number of benzene rings is 1. The van der Waals surface area contributed by atoms with E-state index in [0.717, 1.165) is 30.1 Å². The SMILES string of the molecule is Clc1cc(CNc2cnn(CCN3CCCCC3)c2)cc2c1OCCO2. The molecule has 0 spiro atoms. The average molecular weight is 377 g/mol. The first-order chi connectivity index (χ1) is 12.8. The van der Waals surface area contributed by atoms with E-state index in [1.165, 1.54) is 32.4 Å². The van der Waals surface area contributed by atoms with Gasteiger partial charge in [-0.05, 0) is 43.6 Å². The summed E-state index contributed by atoms with van der Waals surface area (Å²) in [7, 11) is 0. The molecule has 0 amide bonds. The number of hydrogen-bond acceptors (Lipinski definition) is 5. The number of likely N-dealkylation sites (tertiary alicyclic amines) is 1. The van der Waals surface area contributed by atoms with Crippen LogP contribution in [0.3, 0.4) is 0 Å². The maximum absolute atomic E-state index is 6.29. The fourth-order valence-corrected chi connectivity index (χ4v) is 3.76. The number of ether oxygens (including phenoxy) is 2. The number of nitrogens with zero attached hydrogens (tertiary/aromatic N) is 3. The van der Waals surface area contributed by atoms with Gasteiger partial charge in [0, 0.05) is 19.3 Å². The van der Waals surface area contributed by atoms with Crippen molar-refractivity contribution in [3.8, 4) is 11.5 Å². The van der Waals surface area contributed by atoms with Gasteiger partial charge in [-0.1, -0.05) is 18.0 Å². The fraction of sp³-hybridized carbons (Fsp3) is 0.526. The normalized spacial score (nSPS) is 17.3. The maximum atomic E-state index is 6.29. The van der Waals surface area contributed by atoms with Gasteiger partial charge in [0.15, 0.2) is 11.5 Å². The van der Waals surface area contributed by atoms with Crippen LogP contribution in [0.4, 0.5) is 5.69 Å². The second-order valence-electron chi connectivity index (χ2n) is 6.85. The van der Waals surface area contributed by atoms with Crippen LogP contribution in [0.5, 0.6) is 11.5 Å². The van der Waals surface area contributed by atoms with Gasteiger partial charge in [0.25, 0.3) is 0 Å². The Morgan fingerprint density at radius 1 is 1.08 bits per heavy atom. The smallest absolute Gasteiger partial charge is 0.179 e. The zero-order valence-corrected chi connectivity index (χ0v) is 15.7. The van der Waals surface area contributed by atoms with Gasteiger partial charge in [-0.25, -0.2) is 0 Å². The molecule has 0 unspecified atom stereocenters. The van der Waals surface area contributed by atoms with Crippen molar-refractivity contribution in [1.82, 2.24) is 14.7 Å². The molecule has 2 aromatic rings. The standard InChI is InChI=1S/C19H25ClN4O2/c20-17-10-15(11-18-19(17)26-9-8-25-18)12-21-16-13-22-24(14-16)7-6-23-4-2-1-3-5-23/h10-11,13-14,21H,1-9,12H2. The Morgan fingerprint density at radius 2 is 1.92 bits per heavy atom. The van der Waals surface area contributed by atoms with E-state index < -0.39 is 0 Å². The van der Waals surface area contributed by atoms with Crippen LogP contribution in [0.1, 0.15) is 24.8 Å². The number of fused-ring (bicyclic) bond motifs is 1. The van der Waals surface area contributed by atoms with E-state index in [9.17, 15) is 0 Å². The average Bonchev–Trinajstić information content (AvgIpc) is 3.14. The van der Waals surface area contributed by atoms with Crippen LogP contribution in [0.15, 0.2) is 24.5 Å². The van der Waals surface area contributed by atoms with Crippen LogP contribution < -0.4 is 14.8 Å². The molecule has 26 heavy (non-hydrogen) atoms. The summed E-state index contributed by atoms with van der Waals surface area (Å²) >= 11 is 6.29. The summed E-state index contributed by atoms with van der Waals surface area (Å²) in [6.45, 7) is 6.20. The third-order valence-corrected chi connectivity index (χ3v) is 5.16. The molecule has 0 saturated carbocycles. The molecular weight excluding hydrogens is 352 g/mol. The van der Waals surface area contributed by atoms with E-state index >= 15 is 0 Å². The van der Waals surface area contributed by atoms with Crippen molar-refractivity contribution in [2.75, 3.05) is 38.2 Å². The molecule has 0 atom stereocenters. The van der Waals surface area contributed by atoms with Crippen LogP contribution in [0.2, 0.25) is 5.02 Å². The molecule has 0 radical (unpaired) electrons. The predicted octanol–water partition coefficient (Wildman–Crippen LogP) is 3.41. The molecule has 1 aromatic heterocycles. The summed E-state index contributed by atoms with van der Waals surface area (Å²) in [5.41, 5.74) is 2.06. The Hall–Kier alpha value is -1.92. The number of hydrogen-bond donors (Lipinski definition) is 1. The molecule has 3 heterocycles. The molecular formula is C19H25ClN4O2. The molecule has 2 aliphatic rings. The summed E-state index contributed by atoms with van der Waals surface area (Å²) in [5.74, 6) is 1.37. The van der Waals surface area contributed by atoms with E-state index in [1.54, 1.807) is 0 Å². The van der Waals surface area contributed by atoms with Crippen LogP contribution in [0, 0.1) is 0 Å². The summed E-state index contributed by atoms with van der Waals surface area (Å²) in [5, 5.41) is 8.45. The molecule has 0 bridgehead atoms. The van der Waals surface area contributed by atoms with E-state index in [1.807, 2.05) is 23.0 Å². The van der Waals surface area contributed by atoms with Gasteiger partial charge < -0.3 is 19.7 Å². The lowest BCUT2D eigenvalue weighted by Gasteiger charge is -2.26. The molecule has 1 saturated heterocycles. The third-order valence-electron chi connectivity index (χ3n) is 4.88. The number of anilines is 1. The zero-order valence-electron chi connectivity index (χ0n) is 14.9. The lowest BCUT2D eigenvalue weighted by atomic mass is 10.1. The minimum atomic E-state index is 0.543. The summed E-state index contributed by atoms with van der Waals surface area (Å²) in [6, 6.07) is 3.90. The summed E-state index contributed by atoms with van der Waals surface area (Å²) in [4.78, 5) is 2.52. The molecule has 0 aliphatic carbocycles. The summed E-state index contributed by atoms with van der Waals surface area (Å²) < 4.78 is 13.2. The molecule has 6 nitrogen and oxygen atoms in total. The van der Waals surface area contributed by atoms with E-state index in [-0.39, 0.29) is 0 Å². The van der Waals surface area contributed by atoms with Crippen molar-refractivity contribution >= 4 is 17.3 Å². The van der Waals surface area contributed by atoms with Crippen molar-refractivity contribution in [3.05, 3.63) is 35.1 Å². The lowest BCUT2D eigenvalue weighted by molar-refractivity contribution is 0.171. The Kier molecular flexibility index (Phi) is 5.51. The number of aromatic nitrogens is 2. The molecule has 1 fully saturated rings. The Bertz CT molecular complexity index is 743. The van der Waals surface area contributed by atoms with Gasteiger partial charge in [0.05, 0.1) is 23.5 Å². The van der Waals surface area contributed by atoms with Gasteiger partial charge in [-0.2, -0.15) is 5.10 Å². The largest absolute Gasteiger partial charge is 0.486 e. The predicted molar refractivity (Wildman–Crippen MR) is 102 cm³/mol. The van der Waals surface area contributed by atoms with Crippen LogP contribution >= 0.6 is 11.6 Å². The molecule has 4 rings (SSSR count). The van der Waals surface area contributed by atoms with Crippen LogP contribution in [0.25, 0.3) is 0 Å². The first-order valence-corrected chi connectivity index (χ1v) is 9.72. The number of nitrogens with one attached hydrogen (secondary N) is 1. The van der Waals surface area contributed by atoms with Crippen molar-refractivity contribution in [1.29, 1.82) is 0 Å². The second-order valence-corrected chi connectivity index (χ2v) is 7.26. The molecule has 2 aliphatic heterocycles. The first-order valence-electron chi connectivity index (χ1n) is 9.35. The second kappa shape index (κ2) is 8.18. The van der Waals surface area contributed by atoms with Gasteiger partial charge in [-0.3, -0.25) is 4.68 Å². The molecule has 7 heteroatoms. The molecule has 140 valence electrons. The van der Waals surface area contributed by atoms with Crippen molar-refractivity contribution in [2.45, 2.75) is 32.4 Å². The highest BCUT2D eigenvalue weighted by molar-refractivity contribution is 6.32. The summed E-state index contributed by atoms with van der Waals surface area (Å²) in [6.07, 6.45) is 7.95. The van der Waals surface area contributed by atoms with Gasteiger partial charge in [0.1, 0.15) is 13.2 Å². The van der Waals surface area contributed by atoms with Crippen LogP contribution in [-0.2, 0) is 13.1 Å². The maximum Gasteiger partial charge on any atom is 0.179 e. The molecule has 1 aromatic carbocycles. The Morgan fingerprint density at radius 3 is 2.81 bits per heavy atom. The highest BCUT2D eigenvalue weighted by Gasteiger charge is 2.16. The van der Waals surface area contributed by atoms with Crippen molar-refractivity contribution < 1.29 is 9.47 Å². The topological polar surface area (TPSA) is 51.6 Å². The van der Waals surface area contributed by atoms with E-state index in [2.05, 4.69) is 21.5 Å². The fourth-order valence-electron chi connectivity index (χ4n) is 3.47. The number of piperidine rings is 1. The van der Waals surface area contributed by atoms with Gasteiger partial charge in [0.2, 0.25) is 0 Å². The number of rotatable bonds is 6. The minimum absolute atomic E-state index is 0.543. The first kappa shape index (κ1) is 17.5. The van der Waals surface area contributed by atoms with Crippen molar-refractivity contribution in [2.24, 2.45) is 0 Å². The van der Waals surface area contributed by atoms with E-state index in [0.29, 0.717) is 30.5 Å². The molecule has 1 N–H and O–H groups in total. The van der Waals surface area contributed by atoms with Crippen molar-refractivity contribution in [3.63, 3.8) is 0 Å². The third kappa shape index (κ3) is 4.24. The highest BCUT2D eigenvalue weighted by atomic mass is 35.5. The van der Waals surface area contributed by atoms with Crippen LogP contribution in [-0.4, -0.2) is 47.5 Å².